The van der Waals surface area contributed by atoms with E-state index in [2.05, 4.69) is 26.6 Å². The third-order valence-electron chi connectivity index (χ3n) is 5.86. The number of likely N-dealkylation sites (N-methyl/N-ethyl adjacent to an activating group) is 1. The standard InChI is InChI=1S/C18H24ClN5O2/c1-2-21-11-16(24(25)26)18-22(12-21)10-14-4-3-5-15(14)23(18)9-13-6-7-17(19)20-8-13/h6-8,14-15H,2-5,9-12H2,1H3. The number of nitrogens with zero attached hydrogens (tertiary/aromatic N) is 5. The van der Waals surface area contributed by atoms with Crippen LogP contribution < -0.4 is 0 Å². The lowest BCUT2D eigenvalue weighted by Gasteiger charge is -2.50. The number of pyridine rings is 1. The minimum atomic E-state index is -0.188. The highest BCUT2D eigenvalue weighted by Crippen LogP contribution is 2.41. The van der Waals surface area contributed by atoms with E-state index in [0.717, 1.165) is 37.6 Å². The van der Waals surface area contributed by atoms with Crippen LogP contribution in [-0.4, -0.2) is 57.0 Å². The normalized spacial score (nSPS) is 26.1. The molecule has 0 bridgehead atoms. The summed E-state index contributed by atoms with van der Waals surface area (Å²) in [5.41, 5.74) is 1.36. The van der Waals surface area contributed by atoms with Crippen LogP contribution in [0.2, 0.25) is 5.15 Å². The fourth-order valence-corrected chi connectivity index (χ4v) is 4.75. The Bertz CT molecular complexity index is 723. The zero-order valence-electron chi connectivity index (χ0n) is 15.0. The summed E-state index contributed by atoms with van der Waals surface area (Å²) < 4.78 is 0. The van der Waals surface area contributed by atoms with Crippen LogP contribution in [0.4, 0.5) is 0 Å². The second kappa shape index (κ2) is 7.04. The van der Waals surface area contributed by atoms with Crippen molar-refractivity contribution in [1.29, 1.82) is 0 Å². The monoisotopic (exact) mass is 377 g/mol. The van der Waals surface area contributed by atoms with E-state index in [0.29, 0.717) is 35.9 Å². The molecule has 0 aromatic carbocycles. The number of hydrogen-bond donors (Lipinski definition) is 0. The van der Waals surface area contributed by atoms with E-state index in [-0.39, 0.29) is 4.92 Å². The van der Waals surface area contributed by atoms with E-state index in [9.17, 15) is 10.1 Å². The predicted octanol–water partition coefficient (Wildman–Crippen LogP) is 2.76. The van der Waals surface area contributed by atoms with Gasteiger partial charge in [-0.15, -0.1) is 0 Å². The molecule has 0 amide bonds. The highest BCUT2D eigenvalue weighted by atomic mass is 35.5. The summed E-state index contributed by atoms with van der Waals surface area (Å²) in [4.78, 5) is 22.5. The van der Waals surface area contributed by atoms with Gasteiger partial charge in [0, 0.05) is 25.3 Å². The summed E-state index contributed by atoms with van der Waals surface area (Å²) in [6.07, 6.45) is 5.27. The Kier molecular flexibility index (Phi) is 4.75. The maximum Gasteiger partial charge on any atom is 0.300 e. The molecule has 140 valence electrons. The van der Waals surface area contributed by atoms with Crippen LogP contribution in [0, 0.1) is 16.0 Å². The van der Waals surface area contributed by atoms with Crippen molar-refractivity contribution in [2.24, 2.45) is 5.92 Å². The molecule has 0 N–H and O–H groups in total. The SMILES string of the molecule is CCN1CC([N+](=O)[O-])=C2N(CC3CCCC3N2Cc2ccc(Cl)nc2)C1. The van der Waals surface area contributed by atoms with Crippen molar-refractivity contribution in [2.75, 3.05) is 26.3 Å². The van der Waals surface area contributed by atoms with Gasteiger partial charge >= 0.3 is 0 Å². The second-order valence-corrected chi connectivity index (χ2v) is 7.80. The molecular weight excluding hydrogens is 354 g/mol. The van der Waals surface area contributed by atoms with Crippen LogP contribution in [0.1, 0.15) is 31.7 Å². The van der Waals surface area contributed by atoms with Gasteiger partial charge in [0.25, 0.3) is 5.70 Å². The molecular formula is C18H24ClN5O2. The Labute approximate surface area is 158 Å². The molecule has 7 nitrogen and oxygen atoms in total. The van der Waals surface area contributed by atoms with Gasteiger partial charge in [-0.05, 0) is 36.9 Å². The van der Waals surface area contributed by atoms with Crippen molar-refractivity contribution in [3.8, 4) is 0 Å². The molecule has 3 heterocycles. The van der Waals surface area contributed by atoms with Crippen LogP contribution >= 0.6 is 11.6 Å². The average Bonchev–Trinajstić information content (AvgIpc) is 3.10. The maximum atomic E-state index is 11.8. The zero-order valence-corrected chi connectivity index (χ0v) is 15.7. The molecule has 0 spiro atoms. The summed E-state index contributed by atoms with van der Waals surface area (Å²) in [5.74, 6) is 1.39. The molecule has 1 aromatic heterocycles. The van der Waals surface area contributed by atoms with Gasteiger partial charge in [-0.25, -0.2) is 4.98 Å². The lowest BCUT2D eigenvalue weighted by atomic mass is 9.96. The summed E-state index contributed by atoms with van der Waals surface area (Å²) in [7, 11) is 0. The van der Waals surface area contributed by atoms with Gasteiger partial charge in [-0.1, -0.05) is 31.0 Å². The van der Waals surface area contributed by atoms with Crippen molar-refractivity contribution in [2.45, 2.75) is 38.8 Å². The second-order valence-electron chi connectivity index (χ2n) is 7.41. The summed E-state index contributed by atoms with van der Waals surface area (Å²) in [6.45, 7) is 5.60. The van der Waals surface area contributed by atoms with Crippen molar-refractivity contribution < 1.29 is 4.92 Å². The Balaban J connectivity index is 1.73. The first-order valence-electron chi connectivity index (χ1n) is 9.28. The van der Waals surface area contributed by atoms with Gasteiger partial charge in [0.2, 0.25) is 0 Å². The molecule has 1 saturated heterocycles. The average molecular weight is 378 g/mol. The van der Waals surface area contributed by atoms with Gasteiger partial charge in [-0.2, -0.15) is 0 Å². The minimum absolute atomic E-state index is 0.188. The van der Waals surface area contributed by atoms with E-state index in [4.69, 9.17) is 11.6 Å². The summed E-state index contributed by atoms with van der Waals surface area (Å²) >= 11 is 5.91. The number of nitro groups is 1. The number of hydrogen-bond acceptors (Lipinski definition) is 6. The maximum absolute atomic E-state index is 11.8. The first-order valence-corrected chi connectivity index (χ1v) is 9.66. The van der Waals surface area contributed by atoms with E-state index in [1.54, 1.807) is 12.3 Å². The van der Waals surface area contributed by atoms with Crippen molar-refractivity contribution in [1.82, 2.24) is 19.7 Å². The molecule has 26 heavy (non-hydrogen) atoms. The highest BCUT2D eigenvalue weighted by molar-refractivity contribution is 6.29. The smallest absolute Gasteiger partial charge is 0.300 e. The molecule has 1 aliphatic carbocycles. The van der Waals surface area contributed by atoms with Crippen LogP contribution in [0.3, 0.4) is 0 Å². The Morgan fingerprint density at radius 2 is 2.23 bits per heavy atom. The summed E-state index contributed by atoms with van der Waals surface area (Å²) in [6, 6.07) is 4.12. The number of fused-ring (bicyclic) bond motifs is 2. The van der Waals surface area contributed by atoms with Crippen molar-refractivity contribution in [3.63, 3.8) is 0 Å². The fourth-order valence-electron chi connectivity index (χ4n) is 4.64. The molecule has 2 fully saturated rings. The molecule has 2 aliphatic heterocycles. The molecule has 0 radical (unpaired) electrons. The minimum Gasteiger partial charge on any atom is -0.345 e. The van der Waals surface area contributed by atoms with E-state index < -0.39 is 0 Å². The quantitative estimate of drug-likeness (QED) is 0.456. The first kappa shape index (κ1) is 17.5. The lowest BCUT2D eigenvalue weighted by Crippen LogP contribution is -2.58. The highest BCUT2D eigenvalue weighted by Gasteiger charge is 2.46. The number of aromatic nitrogens is 1. The van der Waals surface area contributed by atoms with E-state index in [1.807, 2.05) is 6.07 Å². The van der Waals surface area contributed by atoms with E-state index >= 15 is 0 Å². The molecule has 8 heteroatoms. The number of rotatable bonds is 4. The summed E-state index contributed by atoms with van der Waals surface area (Å²) in [5, 5.41) is 12.3. The Morgan fingerprint density at radius 1 is 1.38 bits per heavy atom. The Morgan fingerprint density at radius 3 is 2.92 bits per heavy atom. The Hall–Kier alpha value is -1.86. The van der Waals surface area contributed by atoms with Crippen molar-refractivity contribution in [3.05, 3.63) is 50.7 Å². The molecule has 2 atom stereocenters. The van der Waals surface area contributed by atoms with Gasteiger partial charge < -0.3 is 9.80 Å². The predicted molar refractivity (Wildman–Crippen MR) is 98.8 cm³/mol. The van der Waals surface area contributed by atoms with Gasteiger partial charge in [0.15, 0.2) is 5.82 Å². The van der Waals surface area contributed by atoms with Crippen LogP contribution in [0.5, 0.6) is 0 Å². The zero-order chi connectivity index (χ0) is 18.3. The molecule has 2 unspecified atom stereocenters. The molecule has 4 rings (SSSR count). The molecule has 1 aromatic rings. The van der Waals surface area contributed by atoms with Gasteiger partial charge in [0.05, 0.1) is 18.1 Å². The van der Waals surface area contributed by atoms with Crippen LogP contribution in [0.15, 0.2) is 29.8 Å². The van der Waals surface area contributed by atoms with Gasteiger partial charge in [-0.3, -0.25) is 15.0 Å². The third kappa shape index (κ3) is 3.14. The first-order chi connectivity index (χ1) is 12.6. The van der Waals surface area contributed by atoms with Crippen LogP contribution in [-0.2, 0) is 6.54 Å². The fraction of sp³-hybridized carbons (Fsp3) is 0.611. The molecule has 3 aliphatic rings. The van der Waals surface area contributed by atoms with Crippen molar-refractivity contribution >= 4 is 11.6 Å². The lowest BCUT2D eigenvalue weighted by molar-refractivity contribution is -0.434. The topological polar surface area (TPSA) is 65.8 Å². The van der Waals surface area contributed by atoms with Gasteiger partial charge in [0.1, 0.15) is 5.15 Å². The number of halogens is 1. The molecule has 1 saturated carbocycles. The van der Waals surface area contributed by atoms with E-state index in [1.165, 1.54) is 12.8 Å². The third-order valence-corrected chi connectivity index (χ3v) is 6.08. The van der Waals surface area contributed by atoms with Crippen LogP contribution in [0.25, 0.3) is 0 Å². The largest absolute Gasteiger partial charge is 0.345 e.